The second-order valence-electron chi connectivity index (χ2n) is 9.24. The molecule has 9 heteroatoms. The van der Waals surface area contributed by atoms with Crippen molar-refractivity contribution in [3.05, 3.63) is 40.1 Å². The van der Waals surface area contributed by atoms with Gasteiger partial charge in [-0.15, -0.1) is 11.3 Å². The predicted octanol–water partition coefficient (Wildman–Crippen LogP) is 4.15. The van der Waals surface area contributed by atoms with Crippen LogP contribution in [0.15, 0.2) is 22.9 Å². The summed E-state index contributed by atoms with van der Waals surface area (Å²) in [6.45, 7) is 5.28. The van der Waals surface area contributed by atoms with E-state index in [4.69, 9.17) is 15.0 Å². The maximum Gasteiger partial charge on any atom is 0.217 e. The van der Waals surface area contributed by atoms with Crippen molar-refractivity contribution in [2.45, 2.75) is 63.5 Å². The van der Waals surface area contributed by atoms with Gasteiger partial charge in [-0.1, -0.05) is 5.16 Å². The maximum atomic E-state index is 9.72. The highest BCUT2D eigenvalue weighted by Gasteiger charge is 2.41. The summed E-state index contributed by atoms with van der Waals surface area (Å²) in [7, 11) is 2.13. The third kappa shape index (κ3) is 3.77. The molecule has 4 heterocycles. The zero-order chi connectivity index (χ0) is 23.2. The molecule has 172 valence electrons. The average Bonchev–Trinajstić information content (AvgIpc) is 3.52. The average molecular weight is 465 g/mol. The van der Waals surface area contributed by atoms with E-state index < -0.39 is 5.41 Å². The Morgan fingerprint density at radius 3 is 3.03 bits per heavy atom. The standard InChI is InChI=1S/C24H28N6O2S/c1-14(17-6-5-11-30(17)3)31-20-8-10-27-23(28-20)16-12-19(32-29-16)24(2)9-4-7-18-21(24)15(13-25)22(26)33-18/h8,10,12,14,17H,4-7,9,11,26H2,1-3H3/t14-,17-,24+/m0/s1. The normalized spacial score (nSPS) is 23.8. The molecule has 1 fully saturated rings. The van der Waals surface area contributed by atoms with Crippen LogP contribution in [0.5, 0.6) is 5.88 Å². The van der Waals surface area contributed by atoms with E-state index in [9.17, 15) is 5.26 Å². The Labute approximate surface area is 197 Å². The number of nitrogens with zero attached hydrogens (tertiary/aromatic N) is 5. The van der Waals surface area contributed by atoms with Crippen molar-refractivity contribution >= 4 is 16.3 Å². The number of nitrogen functional groups attached to an aromatic ring is 1. The van der Waals surface area contributed by atoms with E-state index in [1.165, 1.54) is 17.8 Å². The highest BCUT2D eigenvalue weighted by atomic mass is 32.1. The monoisotopic (exact) mass is 464 g/mol. The number of rotatable bonds is 5. The lowest BCUT2D eigenvalue weighted by molar-refractivity contribution is 0.117. The summed E-state index contributed by atoms with van der Waals surface area (Å²) < 4.78 is 12.0. The second-order valence-corrected chi connectivity index (χ2v) is 10.4. The van der Waals surface area contributed by atoms with Gasteiger partial charge in [0.05, 0.1) is 11.0 Å². The van der Waals surface area contributed by atoms with E-state index in [2.05, 4.69) is 47.0 Å². The highest BCUT2D eigenvalue weighted by Crippen LogP contribution is 2.49. The van der Waals surface area contributed by atoms with Crippen LogP contribution in [0, 0.1) is 11.3 Å². The van der Waals surface area contributed by atoms with E-state index in [0.29, 0.717) is 39.8 Å². The third-order valence-electron chi connectivity index (χ3n) is 7.09. The number of likely N-dealkylation sites (tertiary alicyclic amines) is 1. The van der Waals surface area contributed by atoms with Crippen LogP contribution < -0.4 is 10.5 Å². The number of hydrogen-bond acceptors (Lipinski definition) is 9. The van der Waals surface area contributed by atoms with Gasteiger partial charge < -0.3 is 15.0 Å². The first-order valence-corrected chi connectivity index (χ1v) is 12.2. The molecule has 0 amide bonds. The molecule has 3 atom stereocenters. The Bertz CT molecular complexity index is 1210. The minimum atomic E-state index is -0.465. The van der Waals surface area contributed by atoms with Gasteiger partial charge in [-0.25, -0.2) is 4.98 Å². The van der Waals surface area contributed by atoms with Crippen molar-refractivity contribution in [2.24, 2.45) is 0 Å². The van der Waals surface area contributed by atoms with Crippen LogP contribution in [0.25, 0.3) is 11.5 Å². The van der Waals surface area contributed by atoms with Gasteiger partial charge in [-0.05, 0) is 65.1 Å². The zero-order valence-electron chi connectivity index (χ0n) is 19.2. The van der Waals surface area contributed by atoms with Gasteiger partial charge in [0.15, 0.2) is 11.5 Å². The lowest BCUT2D eigenvalue weighted by Gasteiger charge is -2.31. The van der Waals surface area contributed by atoms with Crippen LogP contribution in [0.4, 0.5) is 5.00 Å². The molecule has 2 aliphatic rings. The molecule has 0 aromatic carbocycles. The van der Waals surface area contributed by atoms with Crippen molar-refractivity contribution < 1.29 is 9.26 Å². The summed E-state index contributed by atoms with van der Waals surface area (Å²) in [6, 6.07) is 6.34. The molecule has 1 aliphatic carbocycles. The first-order chi connectivity index (χ1) is 15.9. The number of nitriles is 1. The van der Waals surface area contributed by atoms with Crippen LogP contribution in [-0.4, -0.2) is 45.8 Å². The highest BCUT2D eigenvalue weighted by molar-refractivity contribution is 7.16. The molecular weight excluding hydrogens is 436 g/mol. The zero-order valence-corrected chi connectivity index (χ0v) is 20.0. The number of anilines is 1. The van der Waals surface area contributed by atoms with Crippen molar-refractivity contribution in [2.75, 3.05) is 19.3 Å². The Morgan fingerprint density at radius 2 is 2.27 bits per heavy atom. The predicted molar refractivity (Wildman–Crippen MR) is 126 cm³/mol. The van der Waals surface area contributed by atoms with Gasteiger partial charge in [-0.2, -0.15) is 10.2 Å². The Balaban J connectivity index is 1.42. The Hall–Kier alpha value is -2.96. The van der Waals surface area contributed by atoms with E-state index in [1.54, 1.807) is 12.3 Å². The van der Waals surface area contributed by atoms with Crippen LogP contribution in [-0.2, 0) is 11.8 Å². The number of nitrogens with two attached hydrogens (primary N) is 1. The van der Waals surface area contributed by atoms with E-state index in [0.717, 1.165) is 42.7 Å². The van der Waals surface area contributed by atoms with Gasteiger partial charge in [0.25, 0.3) is 0 Å². The van der Waals surface area contributed by atoms with Crippen molar-refractivity contribution in [1.29, 1.82) is 5.26 Å². The molecule has 3 aromatic heterocycles. The summed E-state index contributed by atoms with van der Waals surface area (Å²) in [6.07, 6.45) is 6.81. The van der Waals surface area contributed by atoms with E-state index in [1.807, 2.05) is 6.07 Å². The fraction of sp³-hybridized carbons (Fsp3) is 0.500. The lowest BCUT2D eigenvalue weighted by atomic mass is 9.71. The topological polar surface area (TPSA) is 114 Å². The minimum Gasteiger partial charge on any atom is -0.473 e. The first kappa shape index (κ1) is 21.9. The molecule has 0 unspecified atom stereocenters. The Kier molecular flexibility index (Phi) is 5.59. The summed E-state index contributed by atoms with van der Waals surface area (Å²) in [5, 5.41) is 14.6. The third-order valence-corrected chi connectivity index (χ3v) is 8.17. The molecule has 33 heavy (non-hydrogen) atoms. The second kappa shape index (κ2) is 8.43. The quantitative estimate of drug-likeness (QED) is 0.599. The maximum absolute atomic E-state index is 9.72. The van der Waals surface area contributed by atoms with Gasteiger partial charge in [0.2, 0.25) is 5.88 Å². The molecule has 5 rings (SSSR count). The molecule has 0 spiro atoms. The summed E-state index contributed by atoms with van der Waals surface area (Å²) in [5.74, 6) is 1.68. The molecule has 1 saturated heterocycles. The summed E-state index contributed by atoms with van der Waals surface area (Å²) >= 11 is 1.51. The van der Waals surface area contributed by atoms with Crippen LogP contribution >= 0.6 is 11.3 Å². The number of hydrogen-bond donors (Lipinski definition) is 1. The molecular formula is C24H28N6O2S. The van der Waals surface area contributed by atoms with Crippen molar-refractivity contribution in [1.82, 2.24) is 20.0 Å². The molecule has 0 radical (unpaired) electrons. The van der Waals surface area contributed by atoms with Crippen molar-refractivity contribution in [3.63, 3.8) is 0 Å². The fourth-order valence-electron chi connectivity index (χ4n) is 5.31. The van der Waals surface area contributed by atoms with Gasteiger partial charge in [0, 0.05) is 29.2 Å². The van der Waals surface area contributed by atoms with Gasteiger partial charge in [-0.3, -0.25) is 4.90 Å². The largest absolute Gasteiger partial charge is 0.473 e. The van der Waals surface area contributed by atoms with Crippen LogP contribution in [0.3, 0.4) is 0 Å². The number of aromatic nitrogens is 3. The van der Waals surface area contributed by atoms with Crippen molar-refractivity contribution in [3.8, 4) is 23.5 Å². The van der Waals surface area contributed by atoms with Gasteiger partial charge >= 0.3 is 0 Å². The van der Waals surface area contributed by atoms with E-state index in [-0.39, 0.29) is 6.10 Å². The van der Waals surface area contributed by atoms with Crippen LogP contribution in [0.2, 0.25) is 0 Å². The Morgan fingerprint density at radius 1 is 1.42 bits per heavy atom. The number of thiophene rings is 1. The summed E-state index contributed by atoms with van der Waals surface area (Å²) in [4.78, 5) is 12.5. The number of ether oxygens (including phenoxy) is 1. The number of fused-ring (bicyclic) bond motifs is 1. The first-order valence-electron chi connectivity index (χ1n) is 11.4. The smallest absolute Gasteiger partial charge is 0.217 e. The van der Waals surface area contributed by atoms with Gasteiger partial charge in [0.1, 0.15) is 22.9 Å². The van der Waals surface area contributed by atoms with Crippen LogP contribution in [0.1, 0.15) is 61.3 Å². The number of aryl methyl sites for hydroxylation is 1. The SMILES string of the molecule is C[C@H](Oc1ccnc(-c2cc([C@@]3(C)CCCc4sc(N)c(C#N)c43)on2)n1)[C@@H]1CCCN1C. The molecule has 3 aromatic rings. The lowest BCUT2D eigenvalue weighted by Crippen LogP contribution is -2.38. The molecule has 0 saturated carbocycles. The van der Waals surface area contributed by atoms with E-state index >= 15 is 0 Å². The fourth-order valence-corrected chi connectivity index (χ4v) is 6.50. The molecule has 1 aliphatic heterocycles. The molecule has 8 nitrogen and oxygen atoms in total. The number of likely N-dealkylation sites (N-methyl/N-ethyl adjacent to an activating group) is 1. The molecule has 0 bridgehead atoms. The summed E-state index contributed by atoms with van der Waals surface area (Å²) in [5.41, 5.74) is 7.78. The minimum absolute atomic E-state index is 0.0288. The molecule has 2 N–H and O–H groups in total.